The number of aryl methyl sites for hydroxylation is 1. The molecule has 0 aliphatic rings. The van der Waals surface area contributed by atoms with Crippen LogP contribution in [0.15, 0.2) is 39.7 Å². The fraction of sp³-hybridized carbons (Fsp3) is 0.0909. The van der Waals surface area contributed by atoms with Gasteiger partial charge in [0, 0.05) is 5.38 Å². The second kappa shape index (κ2) is 5.26. The van der Waals surface area contributed by atoms with Gasteiger partial charge in [-0.05, 0) is 19.1 Å². The molecule has 122 valence electrons. The van der Waals surface area contributed by atoms with Gasteiger partial charge in [-0.25, -0.2) is 18.1 Å². The number of nitrogens with two attached hydrogens (primary N) is 1. The van der Waals surface area contributed by atoms with E-state index >= 15 is 0 Å². The van der Waals surface area contributed by atoms with Gasteiger partial charge in [-0.1, -0.05) is 12.1 Å². The Morgan fingerprint density at radius 1 is 1.22 bits per heavy atom. The Bertz CT molecular complexity index is 1100. The number of para-hydroxylation sites is 1. The van der Waals surface area contributed by atoms with Crippen molar-refractivity contribution in [1.82, 2.24) is 14.6 Å². The highest BCUT2D eigenvalue weighted by atomic mass is 32.2. The lowest BCUT2D eigenvalue weighted by atomic mass is 10.3. The highest BCUT2D eigenvalue weighted by Crippen LogP contribution is 2.23. The van der Waals surface area contributed by atoms with E-state index in [4.69, 9.17) is 5.14 Å². The lowest BCUT2D eigenvalue weighted by molar-refractivity contribution is 0.592. The Hall–Kier alpha value is -2.02. The average Bonchev–Trinajstić information content (AvgIpc) is 3.01. The molecule has 12 heteroatoms. The van der Waals surface area contributed by atoms with E-state index in [2.05, 4.69) is 14.8 Å². The van der Waals surface area contributed by atoms with E-state index in [0.717, 1.165) is 5.69 Å². The predicted octanol–water partition coefficient (Wildman–Crippen LogP) is 0.547. The Labute approximate surface area is 135 Å². The van der Waals surface area contributed by atoms with Crippen LogP contribution in [0.25, 0.3) is 4.96 Å². The maximum absolute atomic E-state index is 12.4. The Balaban J connectivity index is 2.05. The van der Waals surface area contributed by atoms with Crippen molar-refractivity contribution in [1.29, 1.82) is 0 Å². The van der Waals surface area contributed by atoms with Crippen molar-refractivity contribution in [2.24, 2.45) is 5.14 Å². The SMILES string of the molecule is Cc1csc2nc(S(=O)(=O)Nc3ccccc3S(N)(=O)=O)nn12. The zero-order valence-electron chi connectivity index (χ0n) is 11.7. The second-order valence-electron chi connectivity index (χ2n) is 4.61. The number of aromatic nitrogens is 3. The molecule has 9 nitrogen and oxygen atoms in total. The normalized spacial score (nSPS) is 12.6. The van der Waals surface area contributed by atoms with E-state index in [1.54, 1.807) is 12.3 Å². The molecule has 0 amide bonds. The summed E-state index contributed by atoms with van der Waals surface area (Å²) < 4.78 is 51.4. The summed E-state index contributed by atoms with van der Waals surface area (Å²) in [6.45, 7) is 1.76. The van der Waals surface area contributed by atoms with Gasteiger partial charge in [-0.2, -0.15) is 13.4 Å². The fourth-order valence-corrected chi connectivity index (χ4v) is 4.45. The molecule has 0 aliphatic carbocycles. The van der Waals surface area contributed by atoms with E-state index in [1.165, 1.54) is 40.1 Å². The molecule has 1 aromatic carbocycles. The van der Waals surface area contributed by atoms with Gasteiger partial charge in [0.15, 0.2) is 0 Å². The van der Waals surface area contributed by atoms with E-state index < -0.39 is 25.2 Å². The van der Waals surface area contributed by atoms with E-state index in [0.29, 0.717) is 4.96 Å². The van der Waals surface area contributed by atoms with E-state index in [-0.39, 0.29) is 10.6 Å². The van der Waals surface area contributed by atoms with Crippen LogP contribution in [-0.4, -0.2) is 31.4 Å². The Kier molecular flexibility index (Phi) is 3.63. The number of benzene rings is 1. The molecule has 3 rings (SSSR count). The summed E-state index contributed by atoms with van der Waals surface area (Å²) >= 11 is 1.25. The van der Waals surface area contributed by atoms with Crippen molar-refractivity contribution in [3.8, 4) is 0 Å². The van der Waals surface area contributed by atoms with Crippen LogP contribution in [-0.2, 0) is 20.0 Å². The first kappa shape index (κ1) is 15.9. The average molecular weight is 373 g/mol. The molecule has 0 atom stereocenters. The van der Waals surface area contributed by atoms with Crippen LogP contribution in [0.5, 0.6) is 0 Å². The molecule has 0 fully saturated rings. The summed E-state index contributed by atoms with van der Waals surface area (Å²) in [5.41, 5.74) is 0.578. The molecule has 0 spiro atoms. The third kappa shape index (κ3) is 2.93. The summed E-state index contributed by atoms with van der Waals surface area (Å²) in [6, 6.07) is 5.42. The van der Waals surface area contributed by atoms with Gasteiger partial charge in [-0.3, -0.25) is 4.72 Å². The van der Waals surface area contributed by atoms with Crippen molar-refractivity contribution in [2.75, 3.05) is 4.72 Å². The molecule has 0 unspecified atom stereocenters. The number of rotatable bonds is 4. The van der Waals surface area contributed by atoms with Gasteiger partial charge in [-0.15, -0.1) is 16.4 Å². The molecular weight excluding hydrogens is 362 g/mol. The summed E-state index contributed by atoms with van der Waals surface area (Å²) in [5.74, 6) is 0. The van der Waals surface area contributed by atoms with Crippen LogP contribution in [0.2, 0.25) is 0 Å². The lowest BCUT2D eigenvalue weighted by Gasteiger charge is -2.09. The fourth-order valence-electron chi connectivity index (χ4n) is 1.88. The molecule has 23 heavy (non-hydrogen) atoms. The molecule has 0 bridgehead atoms. The summed E-state index contributed by atoms with van der Waals surface area (Å²) in [5, 5.41) is 10.3. The maximum Gasteiger partial charge on any atom is 0.299 e. The van der Waals surface area contributed by atoms with Gasteiger partial charge in [0.1, 0.15) is 4.90 Å². The molecular formula is C11H11N5O4S3. The topological polar surface area (TPSA) is 137 Å². The number of nitrogens with zero attached hydrogens (tertiary/aromatic N) is 3. The first-order valence-electron chi connectivity index (χ1n) is 6.14. The van der Waals surface area contributed by atoms with Crippen molar-refractivity contribution in [2.45, 2.75) is 17.0 Å². The Morgan fingerprint density at radius 3 is 2.57 bits per heavy atom. The minimum atomic E-state index is -4.15. The first-order chi connectivity index (χ1) is 10.7. The molecule has 2 heterocycles. The minimum absolute atomic E-state index is 0.162. The summed E-state index contributed by atoms with van der Waals surface area (Å²) in [6.07, 6.45) is 0. The number of primary sulfonamides is 1. The molecule has 0 saturated carbocycles. The first-order valence-corrected chi connectivity index (χ1v) is 10.0. The minimum Gasteiger partial charge on any atom is -0.276 e. The van der Waals surface area contributed by atoms with Crippen LogP contribution in [0.1, 0.15) is 5.69 Å². The van der Waals surface area contributed by atoms with Gasteiger partial charge >= 0.3 is 0 Å². The quantitative estimate of drug-likeness (QED) is 0.685. The number of anilines is 1. The van der Waals surface area contributed by atoms with E-state index in [1.807, 2.05) is 0 Å². The van der Waals surface area contributed by atoms with Crippen molar-refractivity contribution >= 4 is 42.0 Å². The number of fused-ring (bicyclic) bond motifs is 1. The summed E-state index contributed by atoms with van der Waals surface area (Å²) in [7, 11) is -8.23. The molecule has 3 N–H and O–H groups in total. The van der Waals surface area contributed by atoms with Crippen molar-refractivity contribution < 1.29 is 16.8 Å². The van der Waals surface area contributed by atoms with Gasteiger partial charge in [0.2, 0.25) is 15.0 Å². The van der Waals surface area contributed by atoms with Gasteiger partial charge < -0.3 is 0 Å². The monoisotopic (exact) mass is 373 g/mol. The third-order valence-corrected chi connectivity index (χ3v) is 5.95. The number of sulfonamides is 2. The number of hydrogen-bond acceptors (Lipinski definition) is 7. The standard InChI is InChI=1S/C11H11N5O4S3/c1-7-6-21-11-13-10(14-16(7)11)23(19,20)15-8-4-2-3-5-9(8)22(12,17)18/h2-6,15H,1H3,(H2,12,17,18). The maximum atomic E-state index is 12.4. The van der Waals surface area contributed by atoms with Crippen molar-refractivity contribution in [3.63, 3.8) is 0 Å². The van der Waals surface area contributed by atoms with Gasteiger partial charge in [0.25, 0.3) is 15.2 Å². The molecule has 3 aromatic rings. The largest absolute Gasteiger partial charge is 0.299 e. The zero-order valence-corrected chi connectivity index (χ0v) is 14.1. The smallest absolute Gasteiger partial charge is 0.276 e. The van der Waals surface area contributed by atoms with Crippen LogP contribution >= 0.6 is 11.3 Å². The summed E-state index contributed by atoms with van der Waals surface area (Å²) in [4.78, 5) is 4.02. The van der Waals surface area contributed by atoms with Crippen LogP contribution in [0, 0.1) is 6.92 Å². The Morgan fingerprint density at radius 2 is 1.91 bits per heavy atom. The van der Waals surface area contributed by atoms with Crippen molar-refractivity contribution in [3.05, 3.63) is 35.3 Å². The number of thiazole rings is 1. The predicted molar refractivity (Wildman–Crippen MR) is 84.2 cm³/mol. The molecule has 0 radical (unpaired) electrons. The molecule has 2 aromatic heterocycles. The van der Waals surface area contributed by atoms with Crippen LogP contribution < -0.4 is 9.86 Å². The van der Waals surface area contributed by atoms with Gasteiger partial charge in [0.05, 0.1) is 11.4 Å². The molecule has 0 aliphatic heterocycles. The number of hydrogen-bond donors (Lipinski definition) is 2. The highest BCUT2D eigenvalue weighted by molar-refractivity contribution is 7.92. The molecule has 0 saturated heterocycles. The van der Waals surface area contributed by atoms with Crippen LogP contribution in [0.4, 0.5) is 5.69 Å². The van der Waals surface area contributed by atoms with Crippen LogP contribution in [0.3, 0.4) is 0 Å². The zero-order chi connectivity index (χ0) is 16.8. The highest BCUT2D eigenvalue weighted by Gasteiger charge is 2.24. The lowest BCUT2D eigenvalue weighted by Crippen LogP contribution is -2.19. The number of nitrogens with one attached hydrogen (secondary N) is 1. The van der Waals surface area contributed by atoms with E-state index in [9.17, 15) is 16.8 Å². The second-order valence-corrected chi connectivity index (χ2v) is 8.56. The third-order valence-electron chi connectivity index (χ3n) is 2.91.